The van der Waals surface area contributed by atoms with Crippen molar-refractivity contribution in [1.29, 1.82) is 0 Å². The van der Waals surface area contributed by atoms with Crippen molar-refractivity contribution in [1.82, 2.24) is 16.0 Å². The Hall–Kier alpha value is -2.69. The van der Waals surface area contributed by atoms with Crippen LogP contribution in [-0.4, -0.2) is 64.5 Å². The van der Waals surface area contributed by atoms with E-state index in [1.54, 1.807) is 13.8 Å². The molecule has 3 unspecified atom stereocenters. The summed E-state index contributed by atoms with van der Waals surface area (Å²) in [6.45, 7) is 7.03. The van der Waals surface area contributed by atoms with Crippen LogP contribution in [0.15, 0.2) is 0 Å². The Morgan fingerprint density at radius 2 is 1.17 bits per heavy atom. The minimum absolute atomic E-state index is 0.0315. The van der Waals surface area contributed by atoms with Gasteiger partial charge < -0.3 is 31.9 Å². The molecular formula is C18H32N4O7. The summed E-state index contributed by atoms with van der Waals surface area (Å²) < 4.78 is 0. The van der Waals surface area contributed by atoms with Gasteiger partial charge in [-0.05, 0) is 24.7 Å². The van der Waals surface area contributed by atoms with E-state index < -0.39 is 54.2 Å². The second-order valence-corrected chi connectivity index (χ2v) is 7.64. The minimum atomic E-state index is -1.63. The molecule has 0 aromatic rings. The summed E-state index contributed by atoms with van der Waals surface area (Å²) in [6.07, 6.45) is -0.299. The molecule has 0 heterocycles. The Labute approximate surface area is 169 Å². The van der Waals surface area contributed by atoms with Gasteiger partial charge in [-0.3, -0.25) is 19.2 Å². The van der Waals surface area contributed by atoms with Gasteiger partial charge in [-0.2, -0.15) is 0 Å². The van der Waals surface area contributed by atoms with Crippen LogP contribution >= 0.6 is 0 Å². The van der Waals surface area contributed by atoms with Crippen molar-refractivity contribution in [3.05, 3.63) is 0 Å². The predicted octanol–water partition coefficient (Wildman–Crippen LogP) is -0.949. The Balaban J connectivity index is 5.38. The Morgan fingerprint density at radius 1 is 0.759 bits per heavy atom. The summed E-state index contributed by atoms with van der Waals surface area (Å²) in [5.74, 6) is -4.79. The van der Waals surface area contributed by atoms with E-state index in [1.807, 2.05) is 13.8 Å². The molecule has 0 rings (SSSR count). The van der Waals surface area contributed by atoms with Gasteiger partial charge >= 0.3 is 11.9 Å². The van der Waals surface area contributed by atoms with Gasteiger partial charge in [0.15, 0.2) is 0 Å². The van der Waals surface area contributed by atoms with E-state index >= 15 is 0 Å². The van der Waals surface area contributed by atoms with Gasteiger partial charge in [0, 0.05) is 0 Å². The van der Waals surface area contributed by atoms with Gasteiger partial charge in [-0.1, -0.05) is 27.7 Å². The molecule has 0 fully saturated rings. The van der Waals surface area contributed by atoms with E-state index in [0.29, 0.717) is 6.42 Å². The standard InChI is InChI=1S/C18H32N4O7/c1-9(2)5-11(20-14(23)8-19)16(26)21-12(6-10(3)4)17(27)22-13(18(28)29)7-15(24)25/h9-13H,5-8,19H2,1-4H3,(H,20,23)(H,21,26)(H,22,27)(H,24,25)(H,28,29). The molecular weight excluding hydrogens is 384 g/mol. The molecule has 11 heteroatoms. The van der Waals surface area contributed by atoms with Crippen molar-refractivity contribution >= 4 is 29.7 Å². The van der Waals surface area contributed by atoms with Crippen molar-refractivity contribution in [3.8, 4) is 0 Å². The zero-order valence-corrected chi connectivity index (χ0v) is 17.2. The highest BCUT2D eigenvalue weighted by molar-refractivity contribution is 5.94. The molecule has 0 bridgehead atoms. The van der Waals surface area contributed by atoms with Crippen LogP contribution in [0.2, 0.25) is 0 Å². The molecule has 0 spiro atoms. The number of carbonyl (C=O) groups is 5. The maximum absolute atomic E-state index is 12.7. The molecule has 0 aromatic carbocycles. The van der Waals surface area contributed by atoms with Crippen LogP contribution in [0, 0.1) is 11.8 Å². The zero-order chi connectivity index (χ0) is 22.7. The number of carboxylic acid groups (broad SMARTS) is 2. The van der Waals surface area contributed by atoms with E-state index in [1.165, 1.54) is 0 Å². The Bertz CT molecular complexity index is 607. The van der Waals surface area contributed by atoms with E-state index in [0.717, 1.165) is 0 Å². The number of carboxylic acids is 2. The molecule has 0 aliphatic heterocycles. The highest BCUT2D eigenvalue weighted by atomic mass is 16.4. The van der Waals surface area contributed by atoms with Crippen LogP contribution in [0.1, 0.15) is 47.0 Å². The molecule has 3 atom stereocenters. The highest BCUT2D eigenvalue weighted by Crippen LogP contribution is 2.09. The largest absolute Gasteiger partial charge is 0.481 e. The number of carbonyl (C=O) groups excluding carboxylic acids is 3. The lowest BCUT2D eigenvalue weighted by Crippen LogP contribution is -2.56. The van der Waals surface area contributed by atoms with E-state index in [9.17, 15) is 24.0 Å². The second-order valence-electron chi connectivity index (χ2n) is 7.64. The van der Waals surface area contributed by atoms with Crippen molar-refractivity contribution in [2.75, 3.05) is 6.54 Å². The van der Waals surface area contributed by atoms with Crippen LogP contribution in [0.3, 0.4) is 0 Å². The number of aliphatic carboxylic acids is 2. The van der Waals surface area contributed by atoms with Crippen molar-refractivity contribution in [3.63, 3.8) is 0 Å². The molecule has 3 amide bonds. The first kappa shape index (κ1) is 26.3. The number of amides is 3. The van der Waals surface area contributed by atoms with Crippen LogP contribution in [0.4, 0.5) is 0 Å². The molecule has 0 aromatic heterocycles. The topological polar surface area (TPSA) is 188 Å². The van der Waals surface area contributed by atoms with E-state index in [2.05, 4.69) is 16.0 Å². The Morgan fingerprint density at radius 3 is 1.52 bits per heavy atom. The average molecular weight is 416 g/mol. The smallest absolute Gasteiger partial charge is 0.326 e. The molecule has 0 aliphatic carbocycles. The molecule has 0 saturated heterocycles. The molecule has 0 saturated carbocycles. The molecule has 166 valence electrons. The summed E-state index contributed by atoms with van der Waals surface area (Å²) in [5.41, 5.74) is 5.28. The van der Waals surface area contributed by atoms with Crippen molar-refractivity contribution < 1.29 is 34.2 Å². The van der Waals surface area contributed by atoms with Crippen LogP contribution in [0.5, 0.6) is 0 Å². The lowest BCUT2D eigenvalue weighted by molar-refractivity contribution is -0.147. The van der Waals surface area contributed by atoms with Gasteiger partial charge in [0.05, 0.1) is 13.0 Å². The van der Waals surface area contributed by atoms with Crippen molar-refractivity contribution in [2.45, 2.75) is 65.1 Å². The second kappa shape index (κ2) is 12.7. The minimum Gasteiger partial charge on any atom is -0.481 e. The van der Waals surface area contributed by atoms with Crippen LogP contribution < -0.4 is 21.7 Å². The first-order valence-electron chi connectivity index (χ1n) is 9.42. The number of nitrogens with one attached hydrogen (secondary N) is 3. The number of rotatable bonds is 13. The normalized spacial score (nSPS) is 14.0. The number of hydrogen-bond donors (Lipinski definition) is 6. The number of nitrogens with two attached hydrogens (primary N) is 1. The van der Waals surface area contributed by atoms with Gasteiger partial charge in [-0.15, -0.1) is 0 Å². The first-order chi connectivity index (χ1) is 13.4. The van der Waals surface area contributed by atoms with Gasteiger partial charge in [0.2, 0.25) is 17.7 Å². The quantitative estimate of drug-likeness (QED) is 0.221. The van der Waals surface area contributed by atoms with Gasteiger partial charge in [0.25, 0.3) is 0 Å². The lowest BCUT2D eigenvalue weighted by atomic mass is 9.99. The number of hydrogen-bond acceptors (Lipinski definition) is 6. The molecule has 11 nitrogen and oxygen atoms in total. The monoisotopic (exact) mass is 416 g/mol. The summed E-state index contributed by atoms with van der Waals surface area (Å²) in [7, 11) is 0. The third-order valence-corrected chi connectivity index (χ3v) is 3.88. The zero-order valence-electron chi connectivity index (χ0n) is 17.2. The van der Waals surface area contributed by atoms with Gasteiger partial charge in [0.1, 0.15) is 18.1 Å². The SMILES string of the molecule is CC(C)CC(NC(=O)CN)C(=O)NC(CC(C)C)C(=O)NC(CC(=O)O)C(=O)O. The van der Waals surface area contributed by atoms with Gasteiger partial charge in [-0.25, -0.2) is 4.79 Å². The summed E-state index contributed by atoms with van der Waals surface area (Å²) >= 11 is 0. The maximum Gasteiger partial charge on any atom is 0.326 e. The molecule has 0 radical (unpaired) electrons. The third-order valence-electron chi connectivity index (χ3n) is 3.88. The summed E-state index contributed by atoms with van der Waals surface area (Å²) in [6, 6.07) is -3.64. The van der Waals surface area contributed by atoms with Crippen molar-refractivity contribution in [2.24, 2.45) is 17.6 Å². The maximum atomic E-state index is 12.7. The Kier molecular flexibility index (Phi) is 11.5. The molecule has 29 heavy (non-hydrogen) atoms. The summed E-state index contributed by atoms with van der Waals surface area (Å²) in [4.78, 5) is 58.8. The fourth-order valence-corrected chi connectivity index (χ4v) is 2.58. The molecule has 7 N–H and O–H groups in total. The van der Waals surface area contributed by atoms with E-state index in [4.69, 9.17) is 15.9 Å². The van der Waals surface area contributed by atoms with E-state index in [-0.39, 0.29) is 24.8 Å². The van der Waals surface area contributed by atoms with Crippen LogP contribution in [0.25, 0.3) is 0 Å². The van der Waals surface area contributed by atoms with Crippen LogP contribution in [-0.2, 0) is 24.0 Å². The highest BCUT2D eigenvalue weighted by Gasteiger charge is 2.31. The summed E-state index contributed by atoms with van der Waals surface area (Å²) in [5, 5.41) is 25.1. The first-order valence-corrected chi connectivity index (χ1v) is 9.42. The predicted molar refractivity (Wildman–Crippen MR) is 104 cm³/mol. The third kappa shape index (κ3) is 11.0. The fourth-order valence-electron chi connectivity index (χ4n) is 2.58. The fraction of sp³-hybridized carbons (Fsp3) is 0.722. The average Bonchev–Trinajstić information content (AvgIpc) is 2.58. The molecule has 0 aliphatic rings. The lowest BCUT2D eigenvalue weighted by Gasteiger charge is -2.26.